The number of hydrogen-bond acceptors (Lipinski definition) is 4. The van der Waals surface area contributed by atoms with Gasteiger partial charge in [-0.05, 0) is 44.5 Å². The zero-order valence-corrected chi connectivity index (χ0v) is 11.3. The summed E-state index contributed by atoms with van der Waals surface area (Å²) in [6.07, 6.45) is -0.258. The van der Waals surface area contributed by atoms with Gasteiger partial charge in [0.15, 0.2) is 0 Å². The van der Waals surface area contributed by atoms with Crippen molar-refractivity contribution < 1.29 is 18.8 Å². The first-order chi connectivity index (χ1) is 8.81. The quantitative estimate of drug-likeness (QED) is 0.825. The smallest absolute Gasteiger partial charge is 0.412 e. The zero-order valence-electron chi connectivity index (χ0n) is 11.3. The molecule has 0 spiro atoms. The molecule has 0 saturated heterocycles. The first kappa shape index (κ1) is 15.4. The largest absolute Gasteiger partial charge is 0.444 e. The molecule has 0 radical (unpaired) electrons. The van der Waals surface area contributed by atoms with Crippen molar-refractivity contribution in [3.8, 4) is 0 Å². The lowest BCUT2D eigenvalue weighted by atomic mass is 10.1. The molecule has 0 aliphatic rings. The lowest BCUT2D eigenvalue weighted by Crippen LogP contribution is -2.27. The van der Waals surface area contributed by atoms with Gasteiger partial charge in [0.2, 0.25) is 0 Å². The minimum Gasteiger partial charge on any atom is -0.444 e. The standard InChI is InChI=1S/C13H19FN2O3/c1-13(2,3)19-12(17)16-10-4-5-11(14)9(8-10)6-7-18-15/h4-5,8H,6-7,15H2,1-3H3,(H,16,17). The fourth-order valence-electron chi connectivity index (χ4n) is 1.43. The van der Waals surface area contributed by atoms with E-state index in [1.165, 1.54) is 18.2 Å². The number of halogens is 1. The maximum Gasteiger partial charge on any atom is 0.412 e. The molecule has 1 aromatic rings. The van der Waals surface area contributed by atoms with Crippen LogP contribution in [0, 0.1) is 5.82 Å². The van der Waals surface area contributed by atoms with Gasteiger partial charge in [-0.2, -0.15) is 0 Å². The normalized spacial score (nSPS) is 11.2. The zero-order chi connectivity index (χ0) is 14.5. The molecule has 0 aromatic heterocycles. The molecule has 1 amide bonds. The molecule has 3 N–H and O–H groups in total. The van der Waals surface area contributed by atoms with E-state index in [-0.39, 0.29) is 12.4 Å². The summed E-state index contributed by atoms with van der Waals surface area (Å²) in [5, 5.41) is 2.54. The number of rotatable bonds is 4. The maximum atomic E-state index is 13.5. The van der Waals surface area contributed by atoms with Crippen LogP contribution in [0.2, 0.25) is 0 Å². The van der Waals surface area contributed by atoms with Gasteiger partial charge < -0.3 is 9.57 Å². The van der Waals surface area contributed by atoms with Gasteiger partial charge in [0.25, 0.3) is 0 Å². The molecule has 19 heavy (non-hydrogen) atoms. The Hall–Kier alpha value is -1.66. The third-order valence-corrected chi connectivity index (χ3v) is 2.18. The first-order valence-corrected chi connectivity index (χ1v) is 5.92. The van der Waals surface area contributed by atoms with Crippen LogP contribution < -0.4 is 11.2 Å². The highest BCUT2D eigenvalue weighted by Crippen LogP contribution is 2.17. The van der Waals surface area contributed by atoms with Crippen LogP contribution in [0.4, 0.5) is 14.9 Å². The van der Waals surface area contributed by atoms with Crippen molar-refractivity contribution in [3.63, 3.8) is 0 Å². The van der Waals surface area contributed by atoms with Crippen molar-refractivity contribution in [2.75, 3.05) is 11.9 Å². The molecule has 1 aromatic carbocycles. The Kier molecular flexibility index (Phi) is 5.26. The van der Waals surface area contributed by atoms with Gasteiger partial charge in [0.05, 0.1) is 6.61 Å². The fourth-order valence-corrected chi connectivity index (χ4v) is 1.43. The summed E-state index contributed by atoms with van der Waals surface area (Å²) >= 11 is 0. The van der Waals surface area contributed by atoms with Crippen molar-refractivity contribution in [3.05, 3.63) is 29.6 Å². The molecule has 106 valence electrons. The second-order valence-electron chi connectivity index (χ2n) is 5.05. The summed E-state index contributed by atoms with van der Waals surface area (Å²) in [6, 6.07) is 4.27. The number of nitrogens with two attached hydrogens (primary N) is 1. The van der Waals surface area contributed by atoms with E-state index in [1.54, 1.807) is 20.8 Å². The van der Waals surface area contributed by atoms with Crippen LogP contribution in [-0.4, -0.2) is 18.3 Å². The maximum absolute atomic E-state index is 13.5. The van der Waals surface area contributed by atoms with Gasteiger partial charge in [-0.15, -0.1) is 0 Å². The number of ether oxygens (including phenoxy) is 1. The van der Waals surface area contributed by atoms with E-state index in [9.17, 15) is 9.18 Å². The number of amides is 1. The molecular weight excluding hydrogens is 251 g/mol. The van der Waals surface area contributed by atoms with Gasteiger partial charge >= 0.3 is 6.09 Å². The fraction of sp³-hybridized carbons (Fsp3) is 0.462. The van der Waals surface area contributed by atoms with Crippen molar-refractivity contribution in [2.45, 2.75) is 32.8 Å². The molecule has 5 nitrogen and oxygen atoms in total. The van der Waals surface area contributed by atoms with Crippen molar-refractivity contribution in [2.24, 2.45) is 5.90 Å². The third kappa shape index (κ3) is 5.67. The number of nitrogens with one attached hydrogen (secondary N) is 1. The average molecular weight is 270 g/mol. The molecule has 6 heteroatoms. The Balaban J connectivity index is 2.71. The topological polar surface area (TPSA) is 73.6 Å². The van der Waals surface area contributed by atoms with E-state index in [0.29, 0.717) is 17.7 Å². The van der Waals surface area contributed by atoms with Crippen LogP contribution in [0.15, 0.2) is 18.2 Å². The van der Waals surface area contributed by atoms with E-state index in [4.69, 9.17) is 10.6 Å². The van der Waals surface area contributed by atoms with Gasteiger partial charge in [0, 0.05) is 12.1 Å². The van der Waals surface area contributed by atoms with Gasteiger partial charge in [0.1, 0.15) is 11.4 Å². The Morgan fingerprint density at radius 1 is 1.42 bits per heavy atom. The molecule has 0 unspecified atom stereocenters. The summed E-state index contributed by atoms with van der Waals surface area (Å²) in [5.41, 5.74) is 0.294. The number of anilines is 1. The summed E-state index contributed by atoms with van der Waals surface area (Å²) in [4.78, 5) is 16.0. The molecule has 0 fully saturated rings. The van der Waals surface area contributed by atoms with Crippen LogP contribution in [0.25, 0.3) is 0 Å². The van der Waals surface area contributed by atoms with Gasteiger partial charge in [-0.3, -0.25) is 5.32 Å². The summed E-state index contributed by atoms with van der Waals surface area (Å²) in [6.45, 7) is 5.50. The number of hydrogen-bond donors (Lipinski definition) is 2. The SMILES string of the molecule is CC(C)(C)OC(=O)Nc1ccc(F)c(CCON)c1. The van der Waals surface area contributed by atoms with E-state index in [2.05, 4.69) is 10.2 Å². The summed E-state index contributed by atoms with van der Waals surface area (Å²) in [7, 11) is 0. The minimum atomic E-state index is -0.583. The number of carbonyl (C=O) groups excluding carboxylic acids is 1. The second kappa shape index (κ2) is 6.49. The van der Waals surface area contributed by atoms with Gasteiger partial charge in [-0.25, -0.2) is 15.1 Å². The second-order valence-corrected chi connectivity index (χ2v) is 5.05. The van der Waals surface area contributed by atoms with Gasteiger partial charge in [-0.1, -0.05) is 0 Å². The number of carbonyl (C=O) groups is 1. The Bertz CT molecular complexity index is 444. The Labute approximate surface area is 111 Å². The lowest BCUT2D eigenvalue weighted by Gasteiger charge is -2.19. The highest BCUT2D eigenvalue weighted by atomic mass is 19.1. The molecule has 1 rings (SSSR count). The van der Waals surface area contributed by atoms with Crippen LogP contribution in [0.5, 0.6) is 0 Å². The minimum absolute atomic E-state index is 0.201. The molecule has 0 bridgehead atoms. The molecule has 0 saturated carbocycles. The third-order valence-electron chi connectivity index (χ3n) is 2.18. The molecule has 0 aliphatic heterocycles. The van der Waals surface area contributed by atoms with Crippen molar-refractivity contribution in [1.82, 2.24) is 0 Å². The molecule has 0 aliphatic carbocycles. The lowest BCUT2D eigenvalue weighted by molar-refractivity contribution is 0.0636. The van der Waals surface area contributed by atoms with Crippen molar-refractivity contribution in [1.29, 1.82) is 0 Å². The molecule has 0 atom stereocenters. The predicted octanol–water partition coefficient (Wildman–Crippen LogP) is 2.61. The van der Waals surface area contributed by atoms with E-state index in [0.717, 1.165) is 0 Å². The summed E-state index contributed by atoms with van der Waals surface area (Å²) < 4.78 is 18.6. The van der Waals surface area contributed by atoms with E-state index >= 15 is 0 Å². The molecule has 0 heterocycles. The van der Waals surface area contributed by atoms with E-state index < -0.39 is 11.7 Å². The molecular formula is C13H19FN2O3. The van der Waals surface area contributed by atoms with E-state index in [1.807, 2.05) is 0 Å². The Morgan fingerprint density at radius 2 is 2.11 bits per heavy atom. The van der Waals surface area contributed by atoms with Crippen LogP contribution >= 0.6 is 0 Å². The van der Waals surface area contributed by atoms with Crippen LogP contribution in [0.3, 0.4) is 0 Å². The van der Waals surface area contributed by atoms with Crippen molar-refractivity contribution >= 4 is 11.8 Å². The highest BCUT2D eigenvalue weighted by Gasteiger charge is 2.16. The Morgan fingerprint density at radius 3 is 2.68 bits per heavy atom. The average Bonchev–Trinajstić information content (AvgIpc) is 2.27. The summed E-state index contributed by atoms with van der Waals surface area (Å²) in [5.74, 6) is 4.53. The first-order valence-electron chi connectivity index (χ1n) is 5.92. The number of benzene rings is 1. The van der Waals surface area contributed by atoms with Crippen LogP contribution in [-0.2, 0) is 16.0 Å². The highest BCUT2D eigenvalue weighted by molar-refractivity contribution is 5.84. The monoisotopic (exact) mass is 270 g/mol. The van der Waals surface area contributed by atoms with Crippen LogP contribution in [0.1, 0.15) is 26.3 Å². The predicted molar refractivity (Wildman–Crippen MR) is 70.1 cm³/mol.